The molecular formula is C21H33ClN4O3. The molecule has 3 rings (SSSR count). The van der Waals surface area contributed by atoms with Crippen LogP contribution in [-0.4, -0.2) is 77.1 Å². The van der Waals surface area contributed by atoms with Crippen LogP contribution in [0.25, 0.3) is 0 Å². The SMILES string of the molecule is COc1ccc(Cl)cc1C1(CN=C(N)NCCCN2CCOCC2)CCOCC1. The molecule has 0 aromatic heterocycles. The van der Waals surface area contributed by atoms with Gasteiger partial charge in [-0.25, -0.2) is 0 Å². The minimum atomic E-state index is -0.186. The van der Waals surface area contributed by atoms with Crippen molar-refractivity contribution in [3.63, 3.8) is 0 Å². The van der Waals surface area contributed by atoms with Gasteiger partial charge in [0, 0.05) is 48.8 Å². The van der Waals surface area contributed by atoms with Crippen LogP contribution in [0.4, 0.5) is 0 Å². The molecule has 0 amide bonds. The van der Waals surface area contributed by atoms with E-state index in [1.54, 1.807) is 7.11 Å². The zero-order valence-electron chi connectivity index (χ0n) is 17.3. The first kappa shape index (κ1) is 22.2. The van der Waals surface area contributed by atoms with Crippen LogP contribution in [0.5, 0.6) is 5.75 Å². The molecule has 0 unspecified atom stereocenters. The van der Waals surface area contributed by atoms with E-state index in [2.05, 4.69) is 15.2 Å². The maximum atomic E-state index is 6.29. The van der Waals surface area contributed by atoms with Gasteiger partial charge in [0.15, 0.2) is 5.96 Å². The summed E-state index contributed by atoms with van der Waals surface area (Å²) >= 11 is 6.29. The standard InChI is InChI=1S/C21H33ClN4O3/c1-27-19-4-3-17(22)15-18(19)21(5-11-28-12-6-21)16-25-20(23)24-7-2-8-26-9-13-29-14-10-26/h3-4,15H,2,5-14,16H2,1H3,(H3,23,24,25). The van der Waals surface area contributed by atoms with E-state index in [0.29, 0.717) is 30.7 Å². The average molecular weight is 425 g/mol. The summed E-state index contributed by atoms with van der Waals surface area (Å²) in [5, 5.41) is 3.95. The predicted octanol–water partition coefficient (Wildman–Crippen LogP) is 2.02. The van der Waals surface area contributed by atoms with Crippen molar-refractivity contribution >= 4 is 17.6 Å². The first-order valence-corrected chi connectivity index (χ1v) is 10.8. The Morgan fingerprint density at radius 3 is 2.69 bits per heavy atom. The van der Waals surface area contributed by atoms with Crippen LogP contribution in [-0.2, 0) is 14.9 Å². The fourth-order valence-corrected chi connectivity index (χ4v) is 4.18. The van der Waals surface area contributed by atoms with Crippen LogP contribution in [0.15, 0.2) is 23.2 Å². The lowest BCUT2D eigenvalue weighted by Crippen LogP contribution is -2.41. The molecule has 29 heavy (non-hydrogen) atoms. The lowest BCUT2D eigenvalue weighted by molar-refractivity contribution is 0.0376. The van der Waals surface area contributed by atoms with Gasteiger partial charge in [0.2, 0.25) is 0 Å². The van der Waals surface area contributed by atoms with Gasteiger partial charge in [-0.1, -0.05) is 11.6 Å². The molecule has 162 valence electrons. The van der Waals surface area contributed by atoms with E-state index >= 15 is 0 Å². The first-order valence-electron chi connectivity index (χ1n) is 10.4. The van der Waals surface area contributed by atoms with E-state index in [1.807, 2.05) is 18.2 Å². The number of nitrogens with one attached hydrogen (secondary N) is 1. The number of nitrogens with zero attached hydrogens (tertiary/aromatic N) is 2. The van der Waals surface area contributed by atoms with Crippen LogP contribution in [0.3, 0.4) is 0 Å². The highest BCUT2D eigenvalue weighted by Gasteiger charge is 2.37. The third kappa shape index (κ3) is 6.22. The van der Waals surface area contributed by atoms with Crippen LogP contribution in [0, 0.1) is 0 Å². The minimum Gasteiger partial charge on any atom is -0.496 e. The molecule has 0 aliphatic carbocycles. The minimum absolute atomic E-state index is 0.186. The Balaban J connectivity index is 1.59. The van der Waals surface area contributed by atoms with Crippen molar-refractivity contribution in [2.75, 3.05) is 66.3 Å². The number of morpholine rings is 1. The number of hydrogen-bond acceptors (Lipinski definition) is 5. The number of halogens is 1. The second-order valence-corrected chi connectivity index (χ2v) is 8.11. The van der Waals surface area contributed by atoms with E-state index in [4.69, 9.17) is 31.5 Å². The van der Waals surface area contributed by atoms with Crippen molar-refractivity contribution in [2.24, 2.45) is 10.7 Å². The Morgan fingerprint density at radius 2 is 1.97 bits per heavy atom. The molecule has 2 aliphatic heterocycles. The molecule has 7 nitrogen and oxygen atoms in total. The number of guanidine groups is 1. The molecule has 0 saturated carbocycles. The first-order chi connectivity index (χ1) is 14.1. The summed E-state index contributed by atoms with van der Waals surface area (Å²) in [5.74, 6) is 1.32. The fraction of sp³-hybridized carbons (Fsp3) is 0.667. The summed E-state index contributed by atoms with van der Waals surface area (Å²) in [4.78, 5) is 7.10. The number of benzene rings is 1. The fourth-order valence-electron chi connectivity index (χ4n) is 4.01. The van der Waals surface area contributed by atoms with Gasteiger partial charge in [0.1, 0.15) is 5.75 Å². The van der Waals surface area contributed by atoms with Crippen LogP contribution >= 0.6 is 11.6 Å². The number of rotatable bonds is 8. The van der Waals surface area contributed by atoms with Crippen LogP contribution < -0.4 is 15.8 Å². The highest BCUT2D eigenvalue weighted by molar-refractivity contribution is 6.30. The molecular weight excluding hydrogens is 392 g/mol. The van der Waals surface area contributed by atoms with E-state index in [0.717, 1.165) is 70.0 Å². The van der Waals surface area contributed by atoms with Gasteiger partial charge in [-0.3, -0.25) is 9.89 Å². The summed E-state index contributed by atoms with van der Waals surface area (Å²) in [7, 11) is 1.69. The van der Waals surface area contributed by atoms with Gasteiger partial charge < -0.3 is 25.3 Å². The second-order valence-electron chi connectivity index (χ2n) is 7.67. The van der Waals surface area contributed by atoms with Crippen molar-refractivity contribution in [1.29, 1.82) is 0 Å². The van der Waals surface area contributed by atoms with Gasteiger partial charge in [0.25, 0.3) is 0 Å². The van der Waals surface area contributed by atoms with Crippen molar-refractivity contribution in [2.45, 2.75) is 24.7 Å². The maximum Gasteiger partial charge on any atom is 0.188 e. The van der Waals surface area contributed by atoms with Gasteiger partial charge in [-0.15, -0.1) is 0 Å². The molecule has 0 bridgehead atoms. The van der Waals surface area contributed by atoms with Crippen molar-refractivity contribution in [3.8, 4) is 5.75 Å². The smallest absolute Gasteiger partial charge is 0.188 e. The normalized spacial score (nSPS) is 20.4. The van der Waals surface area contributed by atoms with Crippen molar-refractivity contribution in [3.05, 3.63) is 28.8 Å². The molecule has 2 aliphatic rings. The van der Waals surface area contributed by atoms with Crippen molar-refractivity contribution < 1.29 is 14.2 Å². The third-order valence-electron chi connectivity index (χ3n) is 5.80. The molecule has 2 heterocycles. The van der Waals surface area contributed by atoms with Gasteiger partial charge >= 0.3 is 0 Å². The Hall–Kier alpha value is -1.54. The van der Waals surface area contributed by atoms with E-state index in [1.165, 1.54) is 0 Å². The molecule has 0 radical (unpaired) electrons. The number of nitrogens with two attached hydrogens (primary N) is 1. The number of hydrogen-bond donors (Lipinski definition) is 2. The maximum absolute atomic E-state index is 6.29. The summed E-state index contributed by atoms with van der Waals surface area (Å²) < 4.78 is 16.6. The number of aliphatic imine (C=N–C) groups is 1. The van der Waals surface area contributed by atoms with E-state index < -0.39 is 0 Å². The monoisotopic (exact) mass is 424 g/mol. The zero-order chi connectivity index (χ0) is 20.5. The van der Waals surface area contributed by atoms with Gasteiger partial charge in [-0.05, 0) is 44.0 Å². The summed E-state index contributed by atoms with van der Waals surface area (Å²) in [6.07, 6.45) is 2.74. The Labute approximate surface area is 178 Å². The van der Waals surface area contributed by atoms with Crippen LogP contribution in [0.1, 0.15) is 24.8 Å². The molecule has 1 aromatic carbocycles. The highest BCUT2D eigenvalue weighted by Crippen LogP contribution is 2.41. The average Bonchev–Trinajstić information content (AvgIpc) is 2.76. The summed E-state index contributed by atoms with van der Waals surface area (Å²) in [6.45, 7) is 7.50. The largest absolute Gasteiger partial charge is 0.496 e. The molecule has 1 aromatic rings. The lowest BCUT2D eigenvalue weighted by atomic mass is 9.73. The molecule has 3 N–H and O–H groups in total. The predicted molar refractivity (Wildman–Crippen MR) is 116 cm³/mol. The van der Waals surface area contributed by atoms with E-state index in [-0.39, 0.29) is 5.41 Å². The zero-order valence-corrected chi connectivity index (χ0v) is 18.0. The number of ether oxygens (including phenoxy) is 3. The van der Waals surface area contributed by atoms with Crippen molar-refractivity contribution in [1.82, 2.24) is 10.2 Å². The Bertz CT molecular complexity index is 674. The quantitative estimate of drug-likeness (QED) is 0.377. The topological polar surface area (TPSA) is 81.3 Å². The number of methoxy groups -OCH3 is 1. The lowest BCUT2D eigenvalue weighted by Gasteiger charge is -2.37. The Morgan fingerprint density at radius 1 is 1.24 bits per heavy atom. The van der Waals surface area contributed by atoms with Gasteiger partial charge in [0.05, 0.1) is 26.9 Å². The molecule has 8 heteroatoms. The Kier molecular flexibility index (Phi) is 8.41. The van der Waals surface area contributed by atoms with Crippen LogP contribution in [0.2, 0.25) is 5.02 Å². The summed E-state index contributed by atoms with van der Waals surface area (Å²) in [6, 6.07) is 5.77. The summed E-state index contributed by atoms with van der Waals surface area (Å²) in [5.41, 5.74) is 7.06. The molecule has 0 atom stereocenters. The van der Waals surface area contributed by atoms with E-state index in [9.17, 15) is 0 Å². The second kappa shape index (κ2) is 11.0. The van der Waals surface area contributed by atoms with Gasteiger partial charge in [-0.2, -0.15) is 0 Å². The molecule has 0 spiro atoms. The molecule has 2 saturated heterocycles. The highest BCUT2D eigenvalue weighted by atomic mass is 35.5. The molecule has 2 fully saturated rings. The third-order valence-corrected chi connectivity index (χ3v) is 6.03.